The Morgan fingerprint density at radius 1 is 0.966 bits per heavy atom. The van der Waals surface area contributed by atoms with Crippen molar-refractivity contribution >= 4 is 17.9 Å². The molecule has 3 aromatic rings. The summed E-state index contributed by atoms with van der Waals surface area (Å²) in [6.07, 6.45) is 3.03. The lowest BCUT2D eigenvalue weighted by Gasteiger charge is -2.17. The van der Waals surface area contributed by atoms with Gasteiger partial charge in [-0.05, 0) is 50.1 Å². The van der Waals surface area contributed by atoms with E-state index < -0.39 is 5.91 Å². The number of carbonyl (C=O) groups excluding carboxylic acids is 2. The molecule has 0 spiro atoms. The van der Waals surface area contributed by atoms with E-state index in [0.29, 0.717) is 11.3 Å². The zero-order valence-corrected chi connectivity index (χ0v) is 16.7. The van der Waals surface area contributed by atoms with Gasteiger partial charge in [0.15, 0.2) is 0 Å². The number of rotatable bonds is 6. The van der Waals surface area contributed by atoms with Gasteiger partial charge in [-0.2, -0.15) is 0 Å². The van der Waals surface area contributed by atoms with E-state index in [1.807, 2.05) is 57.2 Å². The van der Waals surface area contributed by atoms with Crippen molar-refractivity contribution in [1.29, 1.82) is 0 Å². The van der Waals surface area contributed by atoms with E-state index in [2.05, 4.69) is 10.6 Å². The highest BCUT2D eigenvalue weighted by molar-refractivity contribution is 6.05. The molecule has 0 fully saturated rings. The minimum absolute atomic E-state index is 0.118. The van der Waals surface area contributed by atoms with Crippen LogP contribution in [0.4, 0.5) is 0 Å². The molecule has 2 aromatic carbocycles. The summed E-state index contributed by atoms with van der Waals surface area (Å²) in [6, 6.07) is 18.4. The fraction of sp³-hybridized carbons (Fsp3) is 0.167. The predicted octanol–water partition coefficient (Wildman–Crippen LogP) is 4.54. The van der Waals surface area contributed by atoms with Gasteiger partial charge in [-0.1, -0.05) is 48.0 Å². The summed E-state index contributed by atoms with van der Waals surface area (Å²) in [6.45, 7) is 5.76. The molecule has 2 amide bonds. The summed E-state index contributed by atoms with van der Waals surface area (Å²) >= 11 is 0. The van der Waals surface area contributed by atoms with Crippen LogP contribution < -0.4 is 10.6 Å². The molecule has 0 radical (unpaired) electrons. The third-order valence-electron chi connectivity index (χ3n) is 4.64. The summed E-state index contributed by atoms with van der Waals surface area (Å²) in [5.41, 5.74) is 3.59. The molecular weight excluding hydrogens is 364 g/mol. The zero-order chi connectivity index (χ0) is 20.8. The molecule has 1 heterocycles. The average molecular weight is 388 g/mol. The van der Waals surface area contributed by atoms with Gasteiger partial charge in [0, 0.05) is 11.6 Å². The van der Waals surface area contributed by atoms with E-state index in [0.717, 1.165) is 16.7 Å². The molecule has 0 aliphatic rings. The standard InChI is InChI=1S/C24H24N2O3/c1-16-10-12-19(13-11-16)18(3)25-24(28)22(15-20-8-6-14-29-20)26-23(27)21-9-5-4-7-17(21)2/h4-15,18H,1-3H3,(H,25,28)(H,26,27)/b22-15-/t18-/m0/s1. The number of benzene rings is 2. The van der Waals surface area contributed by atoms with Gasteiger partial charge in [0.25, 0.3) is 11.8 Å². The lowest BCUT2D eigenvalue weighted by atomic mass is 10.1. The van der Waals surface area contributed by atoms with Crippen molar-refractivity contribution in [2.75, 3.05) is 0 Å². The molecule has 148 valence electrons. The van der Waals surface area contributed by atoms with Crippen LogP contribution in [0.5, 0.6) is 0 Å². The Bertz CT molecular complexity index is 1020. The number of furan rings is 1. The Labute approximate surface area is 170 Å². The molecule has 1 atom stereocenters. The summed E-state index contributed by atoms with van der Waals surface area (Å²) in [4.78, 5) is 25.7. The first-order valence-corrected chi connectivity index (χ1v) is 9.43. The van der Waals surface area contributed by atoms with Crippen LogP contribution in [0.3, 0.4) is 0 Å². The first-order valence-electron chi connectivity index (χ1n) is 9.43. The minimum Gasteiger partial charge on any atom is -0.465 e. The first kappa shape index (κ1) is 20.1. The zero-order valence-electron chi connectivity index (χ0n) is 16.7. The Morgan fingerprint density at radius 3 is 2.34 bits per heavy atom. The molecule has 0 bridgehead atoms. The van der Waals surface area contributed by atoms with Gasteiger partial charge in [0.05, 0.1) is 12.3 Å². The normalized spacial score (nSPS) is 12.3. The van der Waals surface area contributed by atoms with Crippen molar-refractivity contribution < 1.29 is 14.0 Å². The van der Waals surface area contributed by atoms with E-state index >= 15 is 0 Å². The fourth-order valence-corrected chi connectivity index (χ4v) is 2.90. The van der Waals surface area contributed by atoms with Crippen LogP contribution >= 0.6 is 0 Å². The van der Waals surface area contributed by atoms with Gasteiger partial charge < -0.3 is 15.1 Å². The Balaban J connectivity index is 1.81. The Hall–Kier alpha value is -3.60. The molecule has 29 heavy (non-hydrogen) atoms. The molecule has 3 rings (SSSR count). The number of amides is 2. The molecule has 0 unspecified atom stereocenters. The SMILES string of the molecule is Cc1ccc([C@H](C)NC(=O)/C(=C/c2ccco2)NC(=O)c2ccccc2C)cc1. The number of hydrogen-bond acceptors (Lipinski definition) is 3. The molecule has 0 saturated carbocycles. The molecule has 2 N–H and O–H groups in total. The van der Waals surface area contributed by atoms with Crippen molar-refractivity contribution in [3.63, 3.8) is 0 Å². The third kappa shape index (κ3) is 5.23. The van der Waals surface area contributed by atoms with Crippen molar-refractivity contribution in [3.05, 3.63) is 101 Å². The summed E-state index contributed by atoms with van der Waals surface area (Å²) in [5, 5.41) is 5.66. The lowest BCUT2D eigenvalue weighted by molar-refractivity contribution is -0.118. The number of carbonyl (C=O) groups is 2. The second-order valence-corrected chi connectivity index (χ2v) is 6.95. The summed E-state index contributed by atoms with van der Waals surface area (Å²) in [7, 11) is 0. The molecule has 0 aliphatic heterocycles. The van der Waals surface area contributed by atoms with E-state index in [4.69, 9.17) is 4.42 Å². The fourth-order valence-electron chi connectivity index (χ4n) is 2.90. The first-order chi connectivity index (χ1) is 13.9. The molecular formula is C24H24N2O3. The Morgan fingerprint density at radius 2 is 1.69 bits per heavy atom. The van der Waals surface area contributed by atoms with E-state index in [1.54, 1.807) is 24.3 Å². The maximum Gasteiger partial charge on any atom is 0.268 e. The minimum atomic E-state index is -0.392. The number of aryl methyl sites for hydroxylation is 2. The molecule has 0 aliphatic carbocycles. The second-order valence-electron chi connectivity index (χ2n) is 6.95. The van der Waals surface area contributed by atoms with Crippen molar-refractivity contribution in [1.82, 2.24) is 10.6 Å². The molecule has 5 nitrogen and oxygen atoms in total. The maximum atomic E-state index is 12.9. The topological polar surface area (TPSA) is 71.3 Å². The van der Waals surface area contributed by atoms with Crippen LogP contribution in [0.15, 0.2) is 77.0 Å². The Kier molecular flexibility index (Phi) is 6.29. The van der Waals surface area contributed by atoms with E-state index in [1.165, 1.54) is 12.3 Å². The van der Waals surface area contributed by atoms with Gasteiger partial charge in [-0.3, -0.25) is 9.59 Å². The molecule has 5 heteroatoms. The highest BCUT2D eigenvalue weighted by Gasteiger charge is 2.18. The number of hydrogen-bond donors (Lipinski definition) is 2. The van der Waals surface area contributed by atoms with E-state index in [-0.39, 0.29) is 17.6 Å². The summed E-state index contributed by atoms with van der Waals surface area (Å²) < 4.78 is 5.32. The van der Waals surface area contributed by atoms with Crippen LogP contribution in [0, 0.1) is 13.8 Å². The van der Waals surface area contributed by atoms with Crippen LogP contribution in [-0.2, 0) is 4.79 Å². The largest absolute Gasteiger partial charge is 0.465 e. The second kappa shape index (κ2) is 9.06. The maximum absolute atomic E-state index is 12.9. The quantitative estimate of drug-likeness (QED) is 0.609. The van der Waals surface area contributed by atoms with Crippen molar-refractivity contribution in [2.24, 2.45) is 0 Å². The highest BCUT2D eigenvalue weighted by atomic mass is 16.3. The van der Waals surface area contributed by atoms with Gasteiger partial charge in [-0.15, -0.1) is 0 Å². The lowest BCUT2D eigenvalue weighted by Crippen LogP contribution is -2.36. The van der Waals surface area contributed by atoms with Crippen molar-refractivity contribution in [2.45, 2.75) is 26.8 Å². The van der Waals surface area contributed by atoms with Crippen LogP contribution in [0.2, 0.25) is 0 Å². The van der Waals surface area contributed by atoms with Gasteiger partial charge in [0.2, 0.25) is 0 Å². The van der Waals surface area contributed by atoms with E-state index in [9.17, 15) is 9.59 Å². The summed E-state index contributed by atoms with van der Waals surface area (Å²) in [5.74, 6) is -0.265. The molecule has 0 saturated heterocycles. The predicted molar refractivity (Wildman–Crippen MR) is 113 cm³/mol. The monoisotopic (exact) mass is 388 g/mol. The van der Waals surface area contributed by atoms with Crippen molar-refractivity contribution in [3.8, 4) is 0 Å². The molecule has 1 aromatic heterocycles. The average Bonchev–Trinajstić information content (AvgIpc) is 3.21. The van der Waals surface area contributed by atoms with Gasteiger partial charge >= 0.3 is 0 Å². The van der Waals surface area contributed by atoms with Crippen LogP contribution in [-0.4, -0.2) is 11.8 Å². The number of nitrogens with one attached hydrogen (secondary N) is 2. The van der Waals surface area contributed by atoms with Crippen LogP contribution in [0.25, 0.3) is 6.08 Å². The third-order valence-corrected chi connectivity index (χ3v) is 4.64. The van der Waals surface area contributed by atoms with Gasteiger partial charge in [0.1, 0.15) is 11.5 Å². The van der Waals surface area contributed by atoms with Crippen LogP contribution in [0.1, 0.15) is 45.8 Å². The van der Waals surface area contributed by atoms with Gasteiger partial charge in [-0.25, -0.2) is 0 Å². The smallest absolute Gasteiger partial charge is 0.268 e. The highest BCUT2D eigenvalue weighted by Crippen LogP contribution is 2.15.